The molecule has 74 valence electrons. The van der Waals surface area contributed by atoms with Crippen molar-refractivity contribution in [1.29, 1.82) is 0 Å². The zero-order valence-corrected chi connectivity index (χ0v) is 9.95. The van der Waals surface area contributed by atoms with E-state index in [0.29, 0.717) is 0 Å². The summed E-state index contributed by atoms with van der Waals surface area (Å²) < 4.78 is 6.06. The molecule has 0 aromatic heterocycles. The third kappa shape index (κ3) is 2.55. The van der Waals surface area contributed by atoms with Crippen LogP contribution in [0.5, 0.6) is 0 Å². The summed E-state index contributed by atoms with van der Waals surface area (Å²) in [6.45, 7) is 8.48. The Bertz CT molecular complexity index is 124. The number of ether oxygens (including phenoxy) is 1. The molecule has 1 fully saturated rings. The van der Waals surface area contributed by atoms with Gasteiger partial charge in [0, 0.05) is 6.92 Å². The van der Waals surface area contributed by atoms with E-state index < -0.39 is 0 Å². The highest BCUT2D eigenvalue weighted by molar-refractivity contribution is 4.49. The smallest absolute Gasteiger partial charge is 0.187 e. The number of aliphatic hydroxyl groups excluding tert-OH is 1. The first-order valence-corrected chi connectivity index (χ1v) is 4.33. The molecule has 0 aromatic carbocycles. The van der Waals surface area contributed by atoms with E-state index in [4.69, 9.17) is 4.74 Å². The average Bonchev–Trinajstić information content (AvgIpc) is 2.05. The molecular weight excluding hydrogens is 269 g/mol. The maximum Gasteiger partial charge on any atom is 0.187 e. The van der Waals surface area contributed by atoms with Gasteiger partial charge < -0.3 is 33.8 Å². The number of hydrogen-bond acceptors (Lipinski definition) is 2. The number of hydrogen-bond donors (Lipinski definition) is 1. The van der Waals surface area contributed by atoms with E-state index in [1.807, 2.05) is 6.92 Å². The number of likely N-dealkylation sites (N-methyl/N-ethyl adjacent to an activating group) is 1. The number of rotatable bonds is 2. The third-order valence-electron chi connectivity index (χ3n) is 2.78. The number of aliphatic hydroxyl groups is 1. The second-order valence-electron chi connectivity index (χ2n) is 3.23. The second-order valence-corrected chi connectivity index (χ2v) is 3.23. The van der Waals surface area contributed by atoms with E-state index in [2.05, 4.69) is 6.92 Å². The highest BCUT2D eigenvalue weighted by Crippen LogP contribution is 2.14. The van der Waals surface area contributed by atoms with Crippen molar-refractivity contribution >= 4 is 0 Å². The van der Waals surface area contributed by atoms with Crippen LogP contribution in [-0.2, 0) is 4.74 Å². The Morgan fingerprint density at radius 1 is 1.42 bits per heavy atom. The van der Waals surface area contributed by atoms with Crippen LogP contribution in [0.1, 0.15) is 13.8 Å². The Kier molecular flexibility index (Phi) is 5.64. The molecule has 1 unspecified atom stereocenters. The van der Waals surface area contributed by atoms with Gasteiger partial charge in [0.25, 0.3) is 0 Å². The molecule has 1 atom stereocenters. The molecule has 1 aliphatic heterocycles. The first kappa shape index (κ1) is 12.6. The predicted octanol–water partition coefficient (Wildman–Crippen LogP) is -2.80. The monoisotopic (exact) mass is 287 g/mol. The highest BCUT2D eigenvalue weighted by atomic mass is 127. The molecule has 0 aromatic rings. The zero-order chi connectivity index (χ0) is 8.32. The maximum absolute atomic E-state index is 9.54. The fourth-order valence-corrected chi connectivity index (χ4v) is 1.66. The first-order chi connectivity index (χ1) is 5.21. The summed E-state index contributed by atoms with van der Waals surface area (Å²) in [5, 5.41) is 9.54. The molecule has 0 amide bonds. The van der Waals surface area contributed by atoms with Crippen LogP contribution >= 0.6 is 0 Å². The summed E-state index contributed by atoms with van der Waals surface area (Å²) in [4.78, 5) is 0. The summed E-state index contributed by atoms with van der Waals surface area (Å²) >= 11 is 0. The lowest BCUT2D eigenvalue weighted by atomic mass is 10.3. The van der Waals surface area contributed by atoms with Gasteiger partial charge in [-0.15, -0.1) is 0 Å². The molecule has 1 heterocycles. The van der Waals surface area contributed by atoms with Gasteiger partial charge in [-0.05, 0) is 6.92 Å². The van der Waals surface area contributed by atoms with Gasteiger partial charge in [-0.1, -0.05) is 0 Å². The van der Waals surface area contributed by atoms with Crippen LogP contribution in [0.4, 0.5) is 0 Å². The van der Waals surface area contributed by atoms with Gasteiger partial charge in [0.05, 0.1) is 19.8 Å². The molecule has 12 heavy (non-hydrogen) atoms. The van der Waals surface area contributed by atoms with Gasteiger partial charge in [0.2, 0.25) is 0 Å². The van der Waals surface area contributed by atoms with Gasteiger partial charge in [-0.2, -0.15) is 0 Å². The van der Waals surface area contributed by atoms with Crippen LogP contribution in [-0.4, -0.2) is 48.7 Å². The van der Waals surface area contributed by atoms with Crippen molar-refractivity contribution < 1.29 is 38.3 Å². The van der Waals surface area contributed by atoms with Gasteiger partial charge >= 0.3 is 0 Å². The SMILES string of the molecule is CC[N+]1(C(C)O)CCOCC1.[I-]. The molecule has 0 bridgehead atoms. The van der Waals surface area contributed by atoms with Crippen LogP contribution in [0.25, 0.3) is 0 Å². The third-order valence-corrected chi connectivity index (χ3v) is 2.78. The quantitative estimate of drug-likeness (QED) is 0.439. The molecule has 1 N–H and O–H groups in total. The second kappa shape index (κ2) is 5.36. The Morgan fingerprint density at radius 2 is 1.92 bits per heavy atom. The number of quaternary nitrogens is 1. The summed E-state index contributed by atoms with van der Waals surface area (Å²) in [7, 11) is 0. The number of halogens is 1. The molecule has 1 saturated heterocycles. The van der Waals surface area contributed by atoms with Crippen LogP contribution in [0.2, 0.25) is 0 Å². The van der Waals surface area contributed by atoms with Crippen LogP contribution in [0, 0.1) is 0 Å². The fourth-order valence-electron chi connectivity index (χ4n) is 1.66. The van der Waals surface area contributed by atoms with E-state index in [9.17, 15) is 5.11 Å². The summed E-state index contributed by atoms with van der Waals surface area (Å²) in [5.74, 6) is 0. The van der Waals surface area contributed by atoms with Crippen molar-refractivity contribution in [3.63, 3.8) is 0 Å². The predicted molar refractivity (Wildman–Crippen MR) is 43.0 cm³/mol. The zero-order valence-electron chi connectivity index (χ0n) is 7.79. The molecule has 0 saturated carbocycles. The molecule has 0 spiro atoms. The molecule has 1 rings (SSSR count). The summed E-state index contributed by atoms with van der Waals surface area (Å²) in [5.41, 5.74) is 0. The van der Waals surface area contributed by atoms with E-state index in [0.717, 1.165) is 37.3 Å². The summed E-state index contributed by atoms with van der Waals surface area (Å²) in [6.07, 6.45) is -0.246. The minimum atomic E-state index is -0.246. The van der Waals surface area contributed by atoms with Crippen LogP contribution in [0.3, 0.4) is 0 Å². The molecule has 3 nitrogen and oxygen atoms in total. The van der Waals surface area contributed by atoms with E-state index >= 15 is 0 Å². The lowest BCUT2D eigenvalue weighted by Gasteiger charge is -2.42. The van der Waals surface area contributed by atoms with Crippen molar-refractivity contribution in [3.8, 4) is 0 Å². The van der Waals surface area contributed by atoms with Crippen molar-refractivity contribution in [2.45, 2.75) is 20.1 Å². The van der Waals surface area contributed by atoms with Gasteiger partial charge in [0.15, 0.2) is 6.23 Å². The van der Waals surface area contributed by atoms with Crippen molar-refractivity contribution in [3.05, 3.63) is 0 Å². The normalized spacial score (nSPS) is 24.2. The lowest BCUT2D eigenvalue weighted by molar-refractivity contribution is -0.973. The number of morpholine rings is 1. The van der Waals surface area contributed by atoms with Crippen molar-refractivity contribution in [1.82, 2.24) is 0 Å². The Balaban J connectivity index is 0.00000121. The van der Waals surface area contributed by atoms with Crippen LogP contribution < -0.4 is 24.0 Å². The standard InChI is InChI=1S/C8H18NO2.HI/c1-3-9(8(2)10)4-6-11-7-5-9;/h8,10H,3-7H2,1-2H3;1H/q+1;/p-1. The largest absolute Gasteiger partial charge is 1.00 e. The summed E-state index contributed by atoms with van der Waals surface area (Å²) in [6, 6.07) is 0. The number of nitrogens with zero attached hydrogens (tertiary/aromatic N) is 1. The van der Waals surface area contributed by atoms with E-state index in [1.165, 1.54) is 0 Å². The molecule has 0 radical (unpaired) electrons. The van der Waals surface area contributed by atoms with Gasteiger partial charge in [-0.25, -0.2) is 0 Å². The van der Waals surface area contributed by atoms with E-state index in [-0.39, 0.29) is 30.2 Å². The van der Waals surface area contributed by atoms with Gasteiger partial charge in [-0.3, -0.25) is 4.48 Å². The van der Waals surface area contributed by atoms with Crippen molar-refractivity contribution in [2.75, 3.05) is 32.8 Å². The average molecular weight is 287 g/mol. The van der Waals surface area contributed by atoms with Gasteiger partial charge in [0.1, 0.15) is 13.1 Å². The maximum atomic E-state index is 9.54. The topological polar surface area (TPSA) is 29.5 Å². The first-order valence-electron chi connectivity index (χ1n) is 4.33. The fraction of sp³-hybridized carbons (Fsp3) is 1.00. The van der Waals surface area contributed by atoms with E-state index in [1.54, 1.807) is 0 Å². The molecule has 0 aliphatic carbocycles. The molecule has 1 aliphatic rings. The molecule has 4 heteroatoms. The lowest BCUT2D eigenvalue weighted by Crippen LogP contribution is -3.00. The highest BCUT2D eigenvalue weighted by Gasteiger charge is 2.32. The minimum absolute atomic E-state index is 0. The Labute approximate surface area is 91.3 Å². The molecular formula is C8H18INO2. The van der Waals surface area contributed by atoms with Crippen LogP contribution in [0.15, 0.2) is 0 Å². The Morgan fingerprint density at radius 3 is 2.17 bits per heavy atom. The Hall–Kier alpha value is 0.610. The van der Waals surface area contributed by atoms with Crippen molar-refractivity contribution in [2.24, 2.45) is 0 Å². The minimum Gasteiger partial charge on any atom is -1.00 e.